The van der Waals surface area contributed by atoms with Gasteiger partial charge in [-0.05, 0) is 31.2 Å². The molecule has 1 heterocycles. The van der Waals surface area contributed by atoms with E-state index in [1.165, 1.54) is 19.3 Å². The van der Waals surface area contributed by atoms with Crippen molar-refractivity contribution in [1.82, 2.24) is 10.3 Å². The molecule has 0 saturated heterocycles. The summed E-state index contributed by atoms with van der Waals surface area (Å²) in [5, 5.41) is 2.86. The van der Waals surface area contributed by atoms with E-state index in [1.54, 1.807) is 13.3 Å². The van der Waals surface area contributed by atoms with E-state index < -0.39 is 0 Å². The van der Waals surface area contributed by atoms with Crippen molar-refractivity contribution < 1.29 is 19.0 Å². The van der Waals surface area contributed by atoms with E-state index in [0.29, 0.717) is 44.8 Å². The Kier molecular flexibility index (Phi) is 8.55. The topological polar surface area (TPSA) is 69.7 Å². The molecule has 1 aliphatic carbocycles. The Balaban J connectivity index is 1.63. The van der Waals surface area contributed by atoms with Crippen LogP contribution < -0.4 is 10.1 Å². The third-order valence-electron chi connectivity index (χ3n) is 4.03. The molecule has 0 radical (unpaired) electrons. The molecule has 2 rings (SSSR count). The molecule has 0 bridgehead atoms. The predicted octanol–water partition coefficient (Wildman–Crippen LogP) is 2.46. The zero-order chi connectivity index (χ0) is 17.0. The molecule has 134 valence electrons. The van der Waals surface area contributed by atoms with Crippen LogP contribution in [0.5, 0.6) is 5.88 Å². The molecule has 0 unspecified atom stereocenters. The molecule has 1 aromatic rings. The molecule has 0 aromatic carbocycles. The lowest BCUT2D eigenvalue weighted by Crippen LogP contribution is -2.24. The van der Waals surface area contributed by atoms with Gasteiger partial charge in [-0.1, -0.05) is 12.5 Å². The Labute approximate surface area is 143 Å². The van der Waals surface area contributed by atoms with Gasteiger partial charge in [-0.25, -0.2) is 4.98 Å². The van der Waals surface area contributed by atoms with Gasteiger partial charge < -0.3 is 19.5 Å². The Hall–Kier alpha value is -1.66. The number of carbonyl (C=O) groups is 1. The molecule has 6 nitrogen and oxygen atoms in total. The number of amides is 1. The monoisotopic (exact) mass is 336 g/mol. The van der Waals surface area contributed by atoms with Gasteiger partial charge in [0.1, 0.15) is 6.10 Å². The molecule has 0 atom stereocenters. The molecule has 1 aliphatic rings. The average molecular weight is 336 g/mol. The summed E-state index contributed by atoms with van der Waals surface area (Å²) < 4.78 is 16.0. The minimum absolute atomic E-state index is 0.0325. The van der Waals surface area contributed by atoms with Gasteiger partial charge in [0, 0.05) is 32.3 Å². The number of hydrogen-bond acceptors (Lipinski definition) is 5. The third-order valence-corrected chi connectivity index (χ3v) is 4.03. The fourth-order valence-corrected chi connectivity index (χ4v) is 2.64. The minimum atomic E-state index is -0.0325. The van der Waals surface area contributed by atoms with Crippen molar-refractivity contribution in [3.8, 4) is 5.88 Å². The summed E-state index contributed by atoms with van der Waals surface area (Å²) in [6, 6.07) is 3.82. The first-order chi connectivity index (χ1) is 11.8. The quantitative estimate of drug-likeness (QED) is 0.665. The maximum Gasteiger partial charge on any atom is 0.222 e. The van der Waals surface area contributed by atoms with Gasteiger partial charge in [-0.3, -0.25) is 4.79 Å². The zero-order valence-corrected chi connectivity index (χ0v) is 14.5. The maximum atomic E-state index is 11.7. The molecule has 1 aromatic heterocycles. The Morgan fingerprint density at radius 2 is 2.04 bits per heavy atom. The van der Waals surface area contributed by atoms with Crippen molar-refractivity contribution in [3.05, 3.63) is 23.9 Å². The minimum Gasteiger partial charge on any atom is -0.474 e. The molecule has 1 N–H and O–H groups in total. The molecule has 1 amide bonds. The van der Waals surface area contributed by atoms with Crippen molar-refractivity contribution in [1.29, 1.82) is 0 Å². The van der Waals surface area contributed by atoms with Crippen molar-refractivity contribution in [2.75, 3.05) is 26.9 Å². The molecule has 1 fully saturated rings. The Morgan fingerprint density at radius 3 is 2.75 bits per heavy atom. The summed E-state index contributed by atoms with van der Waals surface area (Å²) in [5.41, 5.74) is 0.958. The van der Waals surface area contributed by atoms with Crippen molar-refractivity contribution in [2.45, 2.75) is 51.2 Å². The van der Waals surface area contributed by atoms with Crippen molar-refractivity contribution >= 4 is 5.91 Å². The van der Waals surface area contributed by atoms with Gasteiger partial charge in [0.25, 0.3) is 0 Å². The molecule has 1 saturated carbocycles. The molecular weight excluding hydrogens is 308 g/mol. The normalized spacial score (nSPS) is 15.2. The van der Waals surface area contributed by atoms with Crippen molar-refractivity contribution in [3.63, 3.8) is 0 Å². The van der Waals surface area contributed by atoms with E-state index in [-0.39, 0.29) is 5.91 Å². The smallest absolute Gasteiger partial charge is 0.222 e. The number of pyridine rings is 1. The van der Waals surface area contributed by atoms with E-state index in [1.807, 2.05) is 12.1 Å². The van der Waals surface area contributed by atoms with E-state index in [0.717, 1.165) is 18.4 Å². The van der Waals surface area contributed by atoms with Crippen LogP contribution in [-0.2, 0) is 20.8 Å². The molecule has 0 spiro atoms. The second-order valence-electron chi connectivity index (χ2n) is 6.01. The highest BCUT2D eigenvalue weighted by Crippen LogP contribution is 2.22. The van der Waals surface area contributed by atoms with Gasteiger partial charge in [0.05, 0.1) is 19.8 Å². The number of nitrogens with one attached hydrogen (secondary N) is 1. The third kappa shape index (κ3) is 7.27. The summed E-state index contributed by atoms with van der Waals surface area (Å²) >= 11 is 0. The van der Waals surface area contributed by atoms with Gasteiger partial charge in [-0.15, -0.1) is 0 Å². The highest BCUT2D eigenvalue weighted by molar-refractivity contribution is 5.75. The van der Waals surface area contributed by atoms with Crippen LogP contribution in [0.3, 0.4) is 0 Å². The highest BCUT2D eigenvalue weighted by atomic mass is 16.5. The number of methoxy groups -OCH3 is 1. The van der Waals surface area contributed by atoms with E-state index in [9.17, 15) is 4.79 Å². The number of hydrogen-bond donors (Lipinski definition) is 1. The van der Waals surface area contributed by atoms with E-state index in [4.69, 9.17) is 14.2 Å². The lowest BCUT2D eigenvalue weighted by atomic mass is 9.98. The predicted molar refractivity (Wildman–Crippen MR) is 90.9 cm³/mol. The fourth-order valence-electron chi connectivity index (χ4n) is 2.64. The number of ether oxygens (including phenoxy) is 3. The number of carbonyl (C=O) groups excluding carboxylic acids is 1. The first kappa shape index (κ1) is 18.7. The Morgan fingerprint density at radius 1 is 1.21 bits per heavy atom. The first-order valence-electron chi connectivity index (χ1n) is 8.73. The maximum absolute atomic E-state index is 11.7. The van der Waals surface area contributed by atoms with Gasteiger partial charge in [0.2, 0.25) is 11.8 Å². The second kappa shape index (κ2) is 11.0. The number of nitrogens with zero attached hydrogens (tertiary/aromatic N) is 1. The SMILES string of the molecule is COCCOCCC(=O)NCc1ccc(OC2CCCCC2)nc1. The second-order valence-corrected chi connectivity index (χ2v) is 6.01. The first-order valence-corrected chi connectivity index (χ1v) is 8.73. The summed E-state index contributed by atoms with van der Waals surface area (Å²) in [5.74, 6) is 0.637. The van der Waals surface area contributed by atoms with Crippen LogP contribution in [0.1, 0.15) is 44.1 Å². The van der Waals surface area contributed by atoms with Gasteiger partial charge >= 0.3 is 0 Å². The zero-order valence-electron chi connectivity index (χ0n) is 14.5. The number of rotatable bonds is 10. The fraction of sp³-hybridized carbons (Fsp3) is 0.667. The van der Waals surface area contributed by atoms with Crippen molar-refractivity contribution in [2.24, 2.45) is 0 Å². The standard InChI is InChI=1S/C18H28N2O4/c1-22-11-12-23-10-9-17(21)19-13-15-7-8-18(20-14-15)24-16-5-3-2-4-6-16/h7-8,14,16H,2-6,9-13H2,1H3,(H,19,21). The van der Waals surface area contributed by atoms with Crippen LogP contribution in [0.2, 0.25) is 0 Å². The molecule has 6 heteroatoms. The summed E-state index contributed by atoms with van der Waals surface area (Å²) in [4.78, 5) is 16.0. The average Bonchev–Trinajstić information content (AvgIpc) is 2.62. The van der Waals surface area contributed by atoms with Crippen LogP contribution in [-0.4, -0.2) is 43.9 Å². The lowest BCUT2D eigenvalue weighted by Gasteiger charge is -2.22. The largest absolute Gasteiger partial charge is 0.474 e. The lowest BCUT2D eigenvalue weighted by molar-refractivity contribution is -0.122. The molecule has 24 heavy (non-hydrogen) atoms. The highest BCUT2D eigenvalue weighted by Gasteiger charge is 2.15. The van der Waals surface area contributed by atoms with Crippen LogP contribution in [0.4, 0.5) is 0 Å². The molecular formula is C18H28N2O4. The van der Waals surface area contributed by atoms with Crippen LogP contribution in [0, 0.1) is 0 Å². The summed E-state index contributed by atoms with van der Waals surface area (Å²) in [7, 11) is 1.62. The Bertz CT molecular complexity index is 472. The summed E-state index contributed by atoms with van der Waals surface area (Å²) in [6.45, 7) is 1.92. The molecule has 0 aliphatic heterocycles. The van der Waals surface area contributed by atoms with Crippen LogP contribution in [0.25, 0.3) is 0 Å². The van der Waals surface area contributed by atoms with E-state index >= 15 is 0 Å². The van der Waals surface area contributed by atoms with Gasteiger partial charge in [-0.2, -0.15) is 0 Å². The van der Waals surface area contributed by atoms with E-state index in [2.05, 4.69) is 10.3 Å². The van der Waals surface area contributed by atoms with Gasteiger partial charge in [0.15, 0.2) is 0 Å². The number of aromatic nitrogens is 1. The van der Waals surface area contributed by atoms with Crippen LogP contribution >= 0.6 is 0 Å². The summed E-state index contributed by atoms with van der Waals surface area (Å²) in [6.07, 6.45) is 8.43. The van der Waals surface area contributed by atoms with Crippen LogP contribution in [0.15, 0.2) is 18.3 Å².